The Morgan fingerprint density at radius 2 is 2.00 bits per heavy atom. The van der Waals surface area contributed by atoms with Crippen LogP contribution in [0.1, 0.15) is 34.1 Å². The van der Waals surface area contributed by atoms with Crippen molar-refractivity contribution in [3.63, 3.8) is 0 Å². The van der Waals surface area contributed by atoms with Gasteiger partial charge in [-0.05, 0) is 51.3 Å². The highest BCUT2D eigenvalue weighted by atomic mass is 16.6. The molecular formula is C20H26O6. The van der Waals surface area contributed by atoms with E-state index in [1.807, 2.05) is 0 Å². The second-order valence-electron chi connectivity index (χ2n) is 6.82. The molecule has 0 bridgehead atoms. The highest BCUT2D eigenvalue weighted by Crippen LogP contribution is 2.35. The van der Waals surface area contributed by atoms with Gasteiger partial charge in [0.1, 0.15) is 18.3 Å². The van der Waals surface area contributed by atoms with Crippen molar-refractivity contribution in [2.45, 2.75) is 58.5 Å². The van der Waals surface area contributed by atoms with Crippen LogP contribution in [0.4, 0.5) is 0 Å². The second-order valence-corrected chi connectivity index (χ2v) is 6.82. The number of allylic oxidation sites excluding steroid dienone is 1. The lowest BCUT2D eigenvalue weighted by molar-refractivity contribution is -0.150. The Bertz CT molecular complexity index is 699. The van der Waals surface area contributed by atoms with Crippen LogP contribution in [-0.2, 0) is 19.1 Å². The number of rotatable bonds is 2. The molecule has 0 aromatic heterocycles. The third-order valence-corrected chi connectivity index (χ3v) is 4.99. The van der Waals surface area contributed by atoms with Crippen LogP contribution in [-0.4, -0.2) is 46.6 Å². The number of hydrogen-bond acceptors (Lipinski definition) is 6. The minimum absolute atomic E-state index is 0.123. The van der Waals surface area contributed by atoms with E-state index in [-0.39, 0.29) is 5.57 Å². The van der Waals surface area contributed by atoms with E-state index in [0.717, 1.165) is 0 Å². The maximum Gasteiger partial charge on any atom is 0.334 e. The number of carbonyl (C=O) groups is 2. The van der Waals surface area contributed by atoms with Crippen LogP contribution < -0.4 is 0 Å². The van der Waals surface area contributed by atoms with Crippen molar-refractivity contribution in [1.82, 2.24) is 0 Å². The van der Waals surface area contributed by atoms with Crippen molar-refractivity contribution in [1.29, 1.82) is 0 Å². The fourth-order valence-electron chi connectivity index (χ4n) is 3.06. The Hall–Kier alpha value is -2.18. The van der Waals surface area contributed by atoms with E-state index in [2.05, 4.69) is 6.58 Å². The van der Waals surface area contributed by atoms with E-state index in [0.29, 0.717) is 23.1 Å². The Morgan fingerprint density at radius 3 is 2.62 bits per heavy atom. The molecule has 2 rings (SSSR count). The van der Waals surface area contributed by atoms with Gasteiger partial charge in [-0.15, -0.1) is 0 Å². The number of fused-ring (bicyclic) bond motifs is 1. The Kier molecular flexibility index (Phi) is 6.21. The molecule has 1 aliphatic carbocycles. The fraction of sp³-hybridized carbons (Fsp3) is 0.500. The molecule has 5 atom stereocenters. The molecule has 0 saturated carbocycles. The van der Waals surface area contributed by atoms with Crippen molar-refractivity contribution in [3.05, 3.63) is 47.1 Å². The third kappa shape index (κ3) is 3.97. The molecule has 1 fully saturated rings. The molecule has 0 aromatic carbocycles. The van der Waals surface area contributed by atoms with Gasteiger partial charge >= 0.3 is 11.9 Å². The predicted octanol–water partition coefficient (Wildman–Crippen LogP) is 1.98. The summed E-state index contributed by atoms with van der Waals surface area (Å²) in [6.07, 6.45) is 1.56. The van der Waals surface area contributed by atoms with Gasteiger partial charge in [-0.25, -0.2) is 9.59 Å². The number of esters is 2. The molecule has 2 aliphatic rings. The fourth-order valence-corrected chi connectivity index (χ4v) is 3.06. The highest BCUT2D eigenvalue weighted by Gasteiger charge is 2.46. The van der Waals surface area contributed by atoms with E-state index in [9.17, 15) is 19.8 Å². The molecule has 6 heteroatoms. The standard InChI is InChI=1S/C20H26O6/c1-6-10(2)19(23)26-18-11(3)7-8-14(21)12(4)9-15-16(17(18)22)13(5)20(24)25-15/h6-7,9,14-18,21-22H,5,8H2,1-4H3/b10-6-,11-7-,12-9-. The number of hydrogen-bond donors (Lipinski definition) is 2. The topological polar surface area (TPSA) is 93.1 Å². The van der Waals surface area contributed by atoms with E-state index in [1.165, 1.54) is 0 Å². The quantitative estimate of drug-likeness (QED) is 0.443. The first-order valence-corrected chi connectivity index (χ1v) is 8.62. The van der Waals surface area contributed by atoms with Crippen LogP contribution in [0.2, 0.25) is 0 Å². The maximum absolute atomic E-state index is 12.2. The molecule has 0 radical (unpaired) electrons. The van der Waals surface area contributed by atoms with Crippen LogP contribution in [0.15, 0.2) is 47.1 Å². The average molecular weight is 362 g/mol. The zero-order valence-corrected chi connectivity index (χ0v) is 15.6. The second kappa shape index (κ2) is 8.01. The summed E-state index contributed by atoms with van der Waals surface area (Å²) in [7, 11) is 0. The van der Waals surface area contributed by atoms with Crippen LogP contribution in [0.25, 0.3) is 0 Å². The van der Waals surface area contributed by atoms with Crippen LogP contribution in [0.5, 0.6) is 0 Å². The molecule has 142 valence electrons. The minimum Gasteiger partial charge on any atom is -0.454 e. The molecule has 1 heterocycles. The Balaban J connectivity index is 2.46. The van der Waals surface area contributed by atoms with Gasteiger partial charge in [-0.2, -0.15) is 0 Å². The lowest BCUT2D eigenvalue weighted by atomic mass is 9.83. The van der Waals surface area contributed by atoms with Crippen molar-refractivity contribution in [2.75, 3.05) is 0 Å². The molecule has 0 amide bonds. The van der Waals surface area contributed by atoms with Crippen molar-refractivity contribution >= 4 is 11.9 Å². The summed E-state index contributed by atoms with van der Waals surface area (Å²) in [5, 5.41) is 21.2. The van der Waals surface area contributed by atoms with Gasteiger partial charge in [-0.1, -0.05) is 18.7 Å². The smallest absolute Gasteiger partial charge is 0.334 e. The molecule has 0 spiro atoms. The molecular weight excluding hydrogens is 336 g/mol. The minimum atomic E-state index is -1.21. The van der Waals surface area contributed by atoms with Gasteiger partial charge in [-0.3, -0.25) is 0 Å². The molecule has 5 unspecified atom stereocenters. The Labute approximate surface area is 153 Å². The van der Waals surface area contributed by atoms with Crippen LogP contribution >= 0.6 is 0 Å². The normalized spacial score (nSPS) is 37.0. The monoisotopic (exact) mass is 362 g/mol. The summed E-state index contributed by atoms with van der Waals surface area (Å²) in [6, 6.07) is 0. The number of aliphatic hydroxyl groups is 2. The SMILES string of the molecule is C=C1C(=O)OC2/C=C(/C)C(O)C/C=C(/C)C(OC(=O)/C(C)=C\C)C(O)C12. The largest absolute Gasteiger partial charge is 0.454 e. The zero-order chi connectivity index (χ0) is 19.6. The first kappa shape index (κ1) is 20.1. The molecule has 1 saturated heterocycles. The summed E-state index contributed by atoms with van der Waals surface area (Å²) >= 11 is 0. The lowest BCUT2D eigenvalue weighted by Gasteiger charge is -2.31. The lowest BCUT2D eigenvalue weighted by Crippen LogP contribution is -2.42. The van der Waals surface area contributed by atoms with Gasteiger partial charge in [0.2, 0.25) is 0 Å². The molecule has 6 nitrogen and oxygen atoms in total. The van der Waals surface area contributed by atoms with Gasteiger partial charge in [0, 0.05) is 11.1 Å². The third-order valence-electron chi connectivity index (χ3n) is 4.99. The van der Waals surface area contributed by atoms with E-state index in [1.54, 1.807) is 45.9 Å². The van der Waals surface area contributed by atoms with Gasteiger partial charge in [0.25, 0.3) is 0 Å². The van der Waals surface area contributed by atoms with Gasteiger partial charge in [0.15, 0.2) is 0 Å². The average Bonchev–Trinajstić information content (AvgIpc) is 2.88. The van der Waals surface area contributed by atoms with Crippen molar-refractivity contribution < 1.29 is 29.3 Å². The van der Waals surface area contributed by atoms with E-state index in [4.69, 9.17) is 9.47 Å². The van der Waals surface area contributed by atoms with E-state index < -0.39 is 42.3 Å². The summed E-state index contributed by atoms with van der Waals surface area (Å²) in [4.78, 5) is 24.2. The molecule has 0 aromatic rings. The number of aliphatic hydroxyl groups excluding tert-OH is 2. The summed E-state index contributed by atoms with van der Waals surface area (Å²) in [5.74, 6) is -1.93. The highest BCUT2D eigenvalue weighted by molar-refractivity contribution is 5.91. The van der Waals surface area contributed by atoms with Crippen molar-refractivity contribution in [3.8, 4) is 0 Å². The first-order valence-electron chi connectivity index (χ1n) is 8.62. The molecule has 26 heavy (non-hydrogen) atoms. The van der Waals surface area contributed by atoms with Crippen LogP contribution in [0.3, 0.4) is 0 Å². The number of carbonyl (C=O) groups excluding carboxylic acids is 2. The van der Waals surface area contributed by atoms with Crippen LogP contribution in [0, 0.1) is 5.92 Å². The summed E-state index contributed by atoms with van der Waals surface area (Å²) in [5.41, 5.74) is 1.76. The first-order chi connectivity index (χ1) is 12.2. The zero-order valence-electron chi connectivity index (χ0n) is 15.6. The maximum atomic E-state index is 12.2. The van der Waals surface area contributed by atoms with Gasteiger partial charge in [0.05, 0.1) is 12.0 Å². The van der Waals surface area contributed by atoms with Crippen molar-refractivity contribution in [2.24, 2.45) is 5.92 Å². The Morgan fingerprint density at radius 1 is 1.35 bits per heavy atom. The number of ether oxygens (including phenoxy) is 2. The van der Waals surface area contributed by atoms with Gasteiger partial charge < -0.3 is 19.7 Å². The summed E-state index contributed by atoms with van der Waals surface area (Å²) < 4.78 is 10.8. The van der Waals surface area contributed by atoms with E-state index >= 15 is 0 Å². The summed E-state index contributed by atoms with van der Waals surface area (Å²) in [6.45, 7) is 10.5. The molecule has 2 N–H and O–H groups in total. The predicted molar refractivity (Wildman–Crippen MR) is 96.0 cm³/mol. The molecule has 1 aliphatic heterocycles.